The van der Waals surface area contributed by atoms with Crippen LogP contribution in [0.2, 0.25) is 0 Å². The fourth-order valence-electron chi connectivity index (χ4n) is 1.55. The van der Waals surface area contributed by atoms with Crippen LogP contribution in [0, 0.1) is 13.8 Å². The molecule has 0 N–H and O–H groups in total. The Labute approximate surface area is 103 Å². The highest BCUT2D eigenvalue weighted by atomic mass is 79.9. The molecule has 0 radical (unpaired) electrons. The molecule has 1 unspecified atom stereocenters. The van der Waals surface area contributed by atoms with Gasteiger partial charge < -0.3 is 0 Å². The van der Waals surface area contributed by atoms with Crippen molar-refractivity contribution in [1.29, 1.82) is 0 Å². The van der Waals surface area contributed by atoms with E-state index in [1.165, 1.54) is 34.0 Å². The van der Waals surface area contributed by atoms with Gasteiger partial charge in [0.05, 0.1) is 0 Å². The minimum atomic E-state index is 0.499. The largest absolute Gasteiger partial charge is 0.0839 e. The maximum absolute atomic E-state index is 3.74. The number of halogens is 2. The molecule has 0 saturated carbocycles. The van der Waals surface area contributed by atoms with E-state index in [1.807, 2.05) is 0 Å². The van der Waals surface area contributed by atoms with E-state index in [0.717, 1.165) is 0 Å². The van der Waals surface area contributed by atoms with Crippen molar-refractivity contribution in [2.75, 3.05) is 0 Å². The number of benzene rings is 1. The van der Waals surface area contributed by atoms with Crippen molar-refractivity contribution in [2.24, 2.45) is 0 Å². The molecule has 14 heavy (non-hydrogen) atoms. The van der Waals surface area contributed by atoms with Crippen molar-refractivity contribution in [3.05, 3.63) is 33.3 Å². The molecule has 0 bridgehead atoms. The highest BCUT2D eigenvalue weighted by molar-refractivity contribution is 9.10. The Kier molecular flexibility index (Phi) is 4.65. The second-order valence-corrected chi connectivity index (χ2v) is 5.67. The molecule has 1 atom stereocenters. The number of alkyl halides is 1. The minimum absolute atomic E-state index is 0.499. The summed E-state index contributed by atoms with van der Waals surface area (Å²) in [6.07, 6.45) is 2.41. The molecule has 0 aliphatic heterocycles. The van der Waals surface area contributed by atoms with Crippen molar-refractivity contribution in [3.8, 4) is 0 Å². The van der Waals surface area contributed by atoms with E-state index in [1.54, 1.807) is 0 Å². The summed E-state index contributed by atoms with van der Waals surface area (Å²) in [6, 6.07) is 4.48. The monoisotopic (exact) mass is 318 g/mol. The lowest BCUT2D eigenvalue weighted by molar-refractivity contribution is 0.784. The molecule has 78 valence electrons. The molecule has 1 aromatic rings. The molecule has 0 aliphatic carbocycles. The maximum Gasteiger partial charge on any atom is 0.0397 e. The Morgan fingerprint density at radius 2 is 1.86 bits per heavy atom. The SMILES string of the molecule is CCCC(Br)c1cc(C)c(Br)cc1C. The van der Waals surface area contributed by atoms with Crippen molar-refractivity contribution < 1.29 is 0 Å². The fourth-order valence-corrected chi connectivity index (χ4v) is 2.96. The van der Waals surface area contributed by atoms with Gasteiger partial charge in [0.1, 0.15) is 0 Å². The molecular weight excluding hydrogens is 304 g/mol. The Hall–Kier alpha value is 0.180. The van der Waals surface area contributed by atoms with E-state index in [-0.39, 0.29) is 0 Å². The van der Waals surface area contributed by atoms with Crippen LogP contribution in [0.5, 0.6) is 0 Å². The first kappa shape index (κ1) is 12.3. The van der Waals surface area contributed by atoms with Crippen LogP contribution in [0.3, 0.4) is 0 Å². The van der Waals surface area contributed by atoms with Crippen LogP contribution in [-0.4, -0.2) is 0 Å². The zero-order valence-corrected chi connectivity index (χ0v) is 12.1. The Morgan fingerprint density at radius 1 is 1.21 bits per heavy atom. The molecule has 0 nitrogen and oxygen atoms in total. The van der Waals surface area contributed by atoms with Crippen molar-refractivity contribution in [3.63, 3.8) is 0 Å². The summed E-state index contributed by atoms with van der Waals surface area (Å²) in [5.74, 6) is 0. The molecule has 0 amide bonds. The molecule has 0 heterocycles. The molecule has 1 rings (SSSR count). The summed E-state index contributed by atoms with van der Waals surface area (Å²) in [5, 5.41) is 0. The van der Waals surface area contributed by atoms with Gasteiger partial charge in [-0.15, -0.1) is 0 Å². The van der Waals surface area contributed by atoms with Gasteiger partial charge in [0.2, 0.25) is 0 Å². The van der Waals surface area contributed by atoms with Crippen LogP contribution in [0.25, 0.3) is 0 Å². The van der Waals surface area contributed by atoms with Gasteiger partial charge in [-0.3, -0.25) is 0 Å². The summed E-state index contributed by atoms with van der Waals surface area (Å²) in [4.78, 5) is 0.499. The van der Waals surface area contributed by atoms with Crippen molar-refractivity contribution in [1.82, 2.24) is 0 Å². The Morgan fingerprint density at radius 3 is 2.43 bits per heavy atom. The molecule has 0 spiro atoms. The lowest BCUT2D eigenvalue weighted by Gasteiger charge is -2.14. The van der Waals surface area contributed by atoms with Crippen LogP contribution in [0.4, 0.5) is 0 Å². The van der Waals surface area contributed by atoms with Gasteiger partial charge in [-0.25, -0.2) is 0 Å². The van der Waals surface area contributed by atoms with E-state index < -0.39 is 0 Å². The molecular formula is C12H16Br2. The molecule has 0 saturated heterocycles. The number of aryl methyl sites for hydroxylation is 2. The summed E-state index contributed by atoms with van der Waals surface area (Å²) in [6.45, 7) is 6.53. The van der Waals surface area contributed by atoms with Gasteiger partial charge in [-0.1, -0.05) is 51.3 Å². The zero-order valence-electron chi connectivity index (χ0n) is 8.90. The second kappa shape index (κ2) is 5.32. The van der Waals surface area contributed by atoms with Crippen LogP contribution in [0.15, 0.2) is 16.6 Å². The summed E-state index contributed by atoms with van der Waals surface area (Å²) in [7, 11) is 0. The third-order valence-electron chi connectivity index (χ3n) is 2.43. The molecule has 0 aromatic heterocycles. The zero-order chi connectivity index (χ0) is 10.7. The van der Waals surface area contributed by atoms with Crippen LogP contribution < -0.4 is 0 Å². The van der Waals surface area contributed by atoms with E-state index in [2.05, 4.69) is 64.8 Å². The second-order valence-electron chi connectivity index (χ2n) is 3.71. The number of rotatable bonds is 3. The van der Waals surface area contributed by atoms with Gasteiger partial charge in [-0.2, -0.15) is 0 Å². The van der Waals surface area contributed by atoms with E-state index in [0.29, 0.717) is 4.83 Å². The summed E-state index contributed by atoms with van der Waals surface area (Å²) in [5.41, 5.74) is 4.09. The topological polar surface area (TPSA) is 0 Å². The first-order valence-electron chi connectivity index (χ1n) is 4.97. The highest BCUT2D eigenvalue weighted by Crippen LogP contribution is 2.33. The number of hydrogen-bond acceptors (Lipinski definition) is 0. The van der Waals surface area contributed by atoms with Crippen LogP contribution in [-0.2, 0) is 0 Å². The first-order valence-corrected chi connectivity index (χ1v) is 6.67. The van der Waals surface area contributed by atoms with E-state index in [9.17, 15) is 0 Å². The molecule has 1 aromatic carbocycles. The smallest absolute Gasteiger partial charge is 0.0397 e. The minimum Gasteiger partial charge on any atom is -0.0839 e. The lowest BCUT2D eigenvalue weighted by atomic mass is 10.0. The molecule has 2 heteroatoms. The van der Waals surface area contributed by atoms with E-state index in [4.69, 9.17) is 0 Å². The predicted molar refractivity (Wildman–Crippen MR) is 70.2 cm³/mol. The summed E-state index contributed by atoms with van der Waals surface area (Å²) < 4.78 is 1.20. The summed E-state index contributed by atoms with van der Waals surface area (Å²) >= 11 is 7.29. The quantitative estimate of drug-likeness (QED) is 0.663. The first-order chi connectivity index (χ1) is 6.56. The van der Waals surface area contributed by atoms with Gasteiger partial charge in [0, 0.05) is 9.30 Å². The van der Waals surface area contributed by atoms with Crippen LogP contribution >= 0.6 is 31.9 Å². The Bertz CT molecular complexity index is 318. The fraction of sp³-hybridized carbons (Fsp3) is 0.500. The predicted octanol–water partition coefficient (Wildman–Crippen LogP) is 5.30. The maximum atomic E-state index is 3.74. The van der Waals surface area contributed by atoms with Gasteiger partial charge in [-0.05, 0) is 43.0 Å². The van der Waals surface area contributed by atoms with Crippen molar-refractivity contribution in [2.45, 2.75) is 38.4 Å². The third-order valence-corrected chi connectivity index (χ3v) is 4.23. The van der Waals surface area contributed by atoms with Gasteiger partial charge in [0.15, 0.2) is 0 Å². The average molecular weight is 320 g/mol. The van der Waals surface area contributed by atoms with Crippen molar-refractivity contribution >= 4 is 31.9 Å². The molecule has 0 fully saturated rings. The van der Waals surface area contributed by atoms with Gasteiger partial charge >= 0.3 is 0 Å². The normalized spacial score (nSPS) is 12.9. The van der Waals surface area contributed by atoms with Gasteiger partial charge in [0.25, 0.3) is 0 Å². The molecule has 0 aliphatic rings. The highest BCUT2D eigenvalue weighted by Gasteiger charge is 2.10. The van der Waals surface area contributed by atoms with Crippen LogP contribution in [0.1, 0.15) is 41.3 Å². The standard InChI is InChI=1S/C12H16Br2/c1-4-5-11(13)10-6-9(3)12(14)7-8(10)2/h6-7,11H,4-5H2,1-3H3. The lowest BCUT2D eigenvalue weighted by Crippen LogP contribution is -1.95. The van der Waals surface area contributed by atoms with E-state index >= 15 is 0 Å². The third kappa shape index (κ3) is 2.83. The average Bonchev–Trinajstić information content (AvgIpc) is 2.11. The number of hydrogen-bond donors (Lipinski definition) is 0. The Balaban J connectivity index is 3.02.